The maximum Gasteiger partial charge on any atom is 0.0543 e. The third-order valence-electron chi connectivity index (χ3n) is 2.34. The lowest BCUT2D eigenvalue weighted by molar-refractivity contribution is 0.0229. The second-order valence-electron chi connectivity index (χ2n) is 3.31. The minimum Gasteiger partial charge on any atom is -0.396 e. The first-order valence-corrected chi connectivity index (χ1v) is 4.08. The van der Waals surface area contributed by atoms with Crippen LogP contribution in [0, 0.1) is 5.41 Å². The molecule has 0 amide bonds. The third-order valence-corrected chi connectivity index (χ3v) is 2.34. The van der Waals surface area contributed by atoms with E-state index in [0.29, 0.717) is 6.61 Å². The van der Waals surface area contributed by atoms with Crippen LogP contribution >= 0.6 is 0 Å². The van der Waals surface area contributed by atoms with Gasteiger partial charge in [-0.05, 0) is 19.3 Å². The molecule has 1 N–H and O–H groups in total. The molecule has 1 rings (SSSR count). The quantitative estimate of drug-likeness (QED) is 0.625. The summed E-state index contributed by atoms with van der Waals surface area (Å²) >= 11 is 0. The van der Waals surface area contributed by atoms with Crippen molar-refractivity contribution in [3.63, 3.8) is 0 Å². The van der Waals surface area contributed by atoms with Gasteiger partial charge in [0.05, 0.1) is 13.2 Å². The third kappa shape index (κ3) is 2.04. The number of rotatable bonds is 3. The molecular weight excluding hydrogens is 140 g/mol. The molecule has 64 valence electrons. The Bertz CT molecular complexity index is 142. The molecule has 0 saturated carbocycles. The maximum atomic E-state index is 9.16. The van der Waals surface area contributed by atoms with Crippen LogP contribution in [-0.4, -0.2) is 25.4 Å². The molecule has 11 heavy (non-hydrogen) atoms. The van der Waals surface area contributed by atoms with E-state index in [-0.39, 0.29) is 12.0 Å². The van der Waals surface area contributed by atoms with Crippen molar-refractivity contribution in [3.05, 3.63) is 12.2 Å². The van der Waals surface area contributed by atoms with Crippen molar-refractivity contribution in [2.24, 2.45) is 5.41 Å². The number of hydrogen-bond acceptors (Lipinski definition) is 2. The van der Waals surface area contributed by atoms with Crippen LogP contribution in [0.1, 0.15) is 19.3 Å². The Hall–Kier alpha value is -0.340. The summed E-state index contributed by atoms with van der Waals surface area (Å²) in [6, 6.07) is 0. The van der Waals surface area contributed by atoms with Crippen LogP contribution in [0.5, 0.6) is 0 Å². The van der Waals surface area contributed by atoms with Gasteiger partial charge >= 0.3 is 0 Å². The van der Waals surface area contributed by atoms with E-state index < -0.39 is 0 Å². The average molecular weight is 156 g/mol. The van der Waals surface area contributed by atoms with Crippen molar-refractivity contribution in [1.82, 2.24) is 0 Å². The predicted molar refractivity (Wildman–Crippen MR) is 44.4 cm³/mol. The second-order valence-corrected chi connectivity index (χ2v) is 3.31. The molecule has 0 heterocycles. The highest BCUT2D eigenvalue weighted by molar-refractivity contribution is 4.97. The molecule has 0 fully saturated rings. The largest absolute Gasteiger partial charge is 0.396 e. The fraction of sp³-hybridized carbons (Fsp3) is 0.778. The average Bonchev–Trinajstić information content (AvgIpc) is 2.07. The topological polar surface area (TPSA) is 29.5 Å². The molecule has 0 aliphatic heterocycles. The van der Waals surface area contributed by atoms with Gasteiger partial charge in [0, 0.05) is 12.5 Å². The van der Waals surface area contributed by atoms with Crippen molar-refractivity contribution in [2.75, 3.05) is 20.3 Å². The van der Waals surface area contributed by atoms with Crippen LogP contribution in [0.3, 0.4) is 0 Å². The number of methoxy groups -OCH3 is 1. The summed E-state index contributed by atoms with van der Waals surface area (Å²) in [6.45, 7) is 0.916. The lowest BCUT2D eigenvalue weighted by Crippen LogP contribution is -2.31. The van der Waals surface area contributed by atoms with Gasteiger partial charge in [0.1, 0.15) is 0 Å². The highest BCUT2D eigenvalue weighted by Crippen LogP contribution is 2.32. The Morgan fingerprint density at radius 3 is 2.82 bits per heavy atom. The van der Waals surface area contributed by atoms with Gasteiger partial charge in [-0.2, -0.15) is 0 Å². The molecule has 2 heteroatoms. The van der Waals surface area contributed by atoms with E-state index in [2.05, 4.69) is 12.2 Å². The zero-order valence-electron chi connectivity index (χ0n) is 7.05. The molecule has 1 atom stereocenters. The van der Waals surface area contributed by atoms with Crippen LogP contribution in [0.25, 0.3) is 0 Å². The van der Waals surface area contributed by atoms with E-state index >= 15 is 0 Å². The smallest absolute Gasteiger partial charge is 0.0543 e. The zero-order chi connectivity index (χ0) is 8.16. The minimum absolute atomic E-state index is 0.0174. The standard InChI is InChI=1S/C9H16O2/c1-11-8-9(7-10)5-3-2-4-6-9/h2-3,10H,4-8H2,1H3. The molecule has 0 bridgehead atoms. The Kier molecular flexibility index (Phi) is 3.09. The summed E-state index contributed by atoms with van der Waals surface area (Å²) < 4.78 is 5.08. The maximum absolute atomic E-state index is 9.16. The van der Waals surface area contributed by atoms with Crippen LogP contribution in [0.2, 0.25) is 0 Å². The van der Waals surface area contributed by atoms with E-state index in [1.54, 1.807) is 7.11 Å². The van der Waals surface area contributed by atoms with E-state index in [1.165, 1.54) is 0 Å². The van der Waals surface area contributed by atoms with Gasteiger partial charge in [0.15, 0.2) is 0 Å². The van der Waals surface area contributed by atoms with Crippen LogP contribution in [0.4, 0.5) is 0 Å². The summed E-state index contributed by atoms with van der Waals surface area (Å²) in [5, 5.41) is 9.16. The summed E-state index contributed by atoms with van der Waals surface area (Å²) in [5.74, 6) is 0. The van der Waals surface area contributed by atoms with E-state index in [1.807, 2.05) is 0 Å². The predicted octanol–water partition coefficient (Wildman–Crippen LogP) is 1.35. The van der Waals surface area contributed by atoms with E-state index in [9.17, 15) is 0 Å². The molecular formula is C9H16O2. The molecule has 0 saturated heterocycles. The highest BCUT2D eigenvalue weighted by atomic mass is 16.5. The first-order valence-electron chi connectivity index (χ1n) is 4.08. The number of allylic oxidation sites excluding steroid dienone is 2. The summed E-state index contributed by atoms with van der Waals surface area (Å²) in [7, 11) is 1.69. The summed E-state index contributed by atoms with van der Waals surface area (Å²) in [4.78, 5) is 0. The number of aliphatic hydroxyl groups is 1. The molecule has 0 aromatic rings. The molecule has 1 unspecified atom stereocenters. The molecule has 0 aromatic carbocycles. The lowest BCUT2D eigenvalue weighted by atomic mass is 9.78. The monoisotopic (exact) mass is 156 g/mol. The molecule has 0 spiro atoms. The summed E-state index contributed by atoms with van der Waals surface area (Å²) in [6.07, 6.45) is 7.39. The zero-order valence-corrected chi connectivity index (χ0v) is 7.05. The Labute approximate surface area is 67.9 Å². The van der Waals surface area contributed by atoms with Gasteiger partial charge < -0.3 is 9.84 Å². The fourth-order valence-electron chi connectivity index (χ4n) is 1.57. The minimum atomic E-state index is 0.0174. The first-order chi connectivity index (χ1) is 5.33. The summed E-state index contributed by atoms with van der Waals surface area (Å²) in [5.41, 5.74) is 0.0174. The van der Waals surface area contributed by atoms with Crippen molar-refractivity contribution in [1.29, 1.82) is 0 Å². The SMILES string of the molecule is COCC1(CO)CC=CCC1. The van der Waals surface area contributed by atoms with Crippen molar-refractivity contribution in [2.45, 2.75) is 19.3 Å². The van der Waals surface area contributed by atoms with Crippen LogP contribution < -0.4 is 0 Å². The number of ether oxygens (including phenoxy) is 1. The van der Waals surface area contributed by atoms with Gasteiger partial charge in [-0.25, -0.2) is 0 Å². The van der Waals surface area contributed by atoms with Gasteiger partial charge in [-0.15, -0.1) is 0 Å². The molecule has 0 aromatic heterocycles. The van der Waals surface area contributed by atoms with Gasteiger partial charge in [-0.3, -0.25) is 0 Å². The van der Waals surface area contributed by atoms with E-state index in [0.717, 1.165) is 19.3 Å². The van der Waals surface area contributed by atoms with Crippen LogP contribution in [0.15, 0.2) is 12.2 Å². The lowest BCUT2D eigenvalue weighted by Gasteiger charge is -2.31. The number of hydrogen-bond donors (Lipinski definition) is 1. The number of aliphatic hydroxyl groups excluding tert-OH is 1. The highest BCUT2D eigenvalue weighted by Gasteiger charge is 2.28. The molecule has 1 aliphatic rings. The normalized spacial score (nSPS) is 30.7. The van der Waals surface area contributed by atoms with E-state index in [4.69, 9.17) is 9.84 Å². The van der Waals surface area contributed by atoms with Crippen molar-refractivity contribution < 1.29 is 9.84 Å². The van der Waals surface area contributed by atoms with Gasteiger partial charge in [0.2, 0.25) is 0 Å². The molecule has 0 radical (unpaired) electrons. The van der Waals surface area contributed by atoms with Crippen molar-refractivity contribution >= 4 is 0 Å². The molecule has 1 aliphatic carbocycles. The van der Waals surface area contributed by atoms with Crippen LogP contribution in [-0.2, 0) is 4.74 Å². The first kappa shape index (κ1) is 8.75. The Morgan fingerprint density at radius 1 is 1.55 bits per heavy atom. The van der Waals surface area contributed by atoms with Gasteiger partial charge in [-0.1, -0.05) is 12.2 Å². The Balaban J connectivity index is 2.51. The second kappa shape index (κ2) is 3.88. The van der Waals surface area contributed by atoms with Crippen molar-refractivity contribution in [3.8, 4) is 0 Å². The fourth-order valence-corrected chi connectivity index (χ4v) is 1.57. The Morgan fingerprint density at radius 2 is 2.36 bits per heavy atom. The van der Waals surface area contributed by atoms with Gasteiger partial charge in [0.25, 0.3) is 0 Å². The molecule has 2 nitrogen and oxygen atoms in total.